The fourth-order valence-corrected chi connectivity index (χ4v) is 1.30. The molecule has 15 heavy (non-hydrogen) atoms. The van der Waals surface area contributed by atoms with Crippen LogP contribution in [0.2, 0.25) is 0 Å². The van der Waals surface area contributed by atoms with Gasteiger partial charge in [-0.25, -0.2) is 0 Å². The molecule has 0 unspecified atom stereocenters. The summed E-state index contributed by atoms with van der Waals surface area (Å²) in [6, 6.07) is 10.1. The number of hydrogen-bond donors (Lipinski definition) is 0. The number of carbonyl (C=O) groups excluding carboxylic acids is 1. The van der Waals surface area contributed by atoms with Crippen LogP contribution in [0.4, 0.5) is 0 Å². The molecule has 78 valence electrons. The van der Waals surface area contributed by atoms with Crippen LogP contribution < -0.4 is 0 Å². The fraction of sp³-hybridized carbons (Fsp3) is 0.214. The molecule has 0 aliphatic carbocycles. The van der Waals surface area contributed by atoms with Gasteiger partial charge in [-0.05, 0) is 31.9 Å². The predicted molar refractivity (Wildman–Crippen MR) is 64.5 cm³/mol. The highest BCUT2D eigenvalue weighted by molar-refractivity contribution is 5.93. The molecule has 0 aromatic heterocycles. The highest BCUT2D eigenvalue weighted by Crippen LogP contribution is 2.09. The van der Waals surface area contributed by atoms with Gasteiger partial charge in [-0.1, -0.05) is 48.1 Å². The van der Waals surface area contributed by atoms with E-state index < -0.39 is 0 Å². The molecule has 1 aromatic rings. The van der Waals surface area contributed by atoms with Crippen molar-refractivity contribution in [2.24, 2.45) is 0 Å². The van der Waals surface area contributed by atoms with Crippen LogP contribution >= 0.6 is 0 Å². The van der Waals surface area contributed by atoms with Gasteiger partial charge in [0.15, 0.2) is 5.78 Å². The third-order valence-corrected chi connectivity index (χ3v) is 2.19. The van der Waals surface area contributed by atoms with Crippen LogP contribution in [0.25, 0.3) is 6.08 Å². The maximum Gasteiger partial charge on any atom is 0.155 e. The highest BCUT2D eigenvalue weighted by Gasteiger charge is 1.95. The molecule has 1 rings (SSSR count). The lowest BCUT2D eigenvalue weighted by atomic mass is 10.1. The predicted octanol–water partition coefficient (Wildman–Crippen LogP) is 3.63. The molecule has 0 aliphatic rings. The van der Waals surface area contributed by atoms with Crippen molar-refractivity contribution in [2.45, 2.75) is 20.8 Å². The molecule has 1 nitrogen and oxygen atoms in total. The molecular formula is C14H16O. The molecule has 1 aromatic carbocycles. The molecule has 0 heterocycles. The van der Waals surface area contributed by atoms with E-state index in [9.17, 15) is 4.79 Å². The minimum absolute atomic E-state index is 0.121. The van der Waals surface area contributed by atoms with Gasteiger partial charge in [-0.15, -0.1) is 0 Å². The Kier molecular flexibility index (Phi) is 4.04. The highest BCUT2D eigenvalue weighted by atomic mass is 16.1. The molecule has 0 bridgehead atoms. The van der Waals surface area contributed by atoms with E-state index in [1.54, 1.807) is 6.92 Å². The Bertz CT molecular complexity index is 397. The first-order chi connectivity index (χ1) is 7.09. The van der Waals surface area contributed by atoms with Crippen LogP contribution in [0.1, 0.15) is 26.3 Å². The Labute approximate surface area is 91.1 Å². The van der Waals surface area contributed by atoms with Crippen molar-refractivity contribution in [2.75, 3.05) is 0 Å². The molecule has 0 spiro atoms. The van der Waals surface area contributed by atoms with Crippen molar-refractivity contribution in [3.05, 3.63) is 53.1 Å². The zero-order chi connectivity index (χ0) is 11.3. The minimum Gasteiger partial charge on any atom is -0.295 e. The zero-order valence-corrected chi connectivity index (χ0v) is 9.45. The molecule has 0 radical (unpaired) electrons. The van der Waals surface area contributed by atoms with E-state index in [2.05, 4.69) is 6.08 Å². The monoisotopic (exact) mass is 200 g/mol. The van der Waals surface area contributed by atoms with E-state index in [0.29, 0.717) is 0 Å². The average Bonchev–Trinajstić information content (AvgIpc) is 2.18. The van der Waals surface area contributed by atoms with Crippen molar-refractivity contribution in [1.82, 2.24) is 0 Å². The molecule has 0 atom stereocenters. The van der Waals surface area contributed by atoms with E-state index >= 15 is 0 Å². The Hall–Kier alpha value is -1.63. The number of ketones is 1. The van der Waals surface area contributed by atoms with Crippen LogP contribution in [-0.4, -0.2) is 5.78 Å². The largest absolute Gasteiger partial charge is 0.295 e. The number of benzene rings is 1. The topological polar surface area (TPSA) is 17.1 Å². The van der Waals surface area contributed by atoms with Crippen molar-refractivity contribution >= 4 is 11.9 Å². The summed E-state index contributed by atoms with van der Waals surface area (Å²) in [6.45, 7) is 5.42. The van der Waals surface area contributed by atoms with E-state index in [1.165, 1.54) is 0 Å². The number of carbonyl (C=O) groups is 1. The number of rotatable bonds is 3. The molecule has 0 saturated heterocycles. The van der Waals surface area contributed by atoms with Gasteiger partial charge in [0.2, 0.25) is 0 Å². The molecular weight excluding hydrogens is 184 g/mol. The second-order valence-electron chi connectivity index (χ2n) is 3.68. The van der Waals surface area contributed by atoms with Crippen LogP contribution in [0.5, 0.6) is 0 Å². The Balaban J connectivity index is 2.86. The van der Waals surface area contributed by atoms with Gasteiger partial charge >= 0.3 is 0 Å². The van der Waals surface area contributed by atoms with Gasteiger partial charge in [0.1, 0.15) is 0 Å². The summed E-state index contributed by atoms with van der Waals surface area (Å²) in [5, 5.41) is 0. The lowest BCUT2D eigenvalue weighted by molar-refractivity contribution is -0.113. The van der Waals surface area contributed by atoms with E-state index in [0.717, 1.165) is 16.7 Å². The van der Waals surface area contributed by atoms with Gasteiger partial charge < -0.3 is 0 Å². The number of Topliss-reactive ketones (excluding diaryl/α,β-unsaturated/α-hetero) is 1. The van der Waals surface area contributed by atoms with Crippen LogP contribution in [0.15, 0.2) is 47.6 Å². The van der Waals surface area contributed by atoms with Crippen molar-refractivity contribution in [3.8, 4) is 0 Å². The van der Waals surface area contributed by atoms with Gasteiger partial charge in [-0.3, -0.25) is 4.79 Å². The quantitative estimate of drug-likeness (QED) is 0.538. The van der Waals surface area contributed by atoms with E-state index in [1.807, 2.05) is 50.3 Å². The lowest BCUT2D eigenvalue weighted by Gasteiger charge is -1.97. The fourth-order valence-electron chi connectivity index (χ4n) is 1.30. The summed E-state index contributed by atoms with van der Waals surface area (Å²) in [7, 11) is 0. The normalized spacial score (nSPS) is 12.7. The maximum atomic E-state index is 11.0. The van der Waals surface area contributed by atoms with Gasteiger partial charge in [0.25, 0.3) is 0 Å². The smallest absolute Gasteiger partial charge is 0.155 e. The average molecular weight is 200 g/mol. The number of hydrogen-bond acceptors (Lipinski definition) is 1. The Morgan fingerprint density at radius 1 is 1.07 bits per heavy atom. The van der Waals surface area contributed by atoms with E-state index in [4.69, 9.17) is 0 Å². The van der Waals surface area contributed by atoms with Crippen molar-refractivity contribution in [3.63, 3.8) is 0 Å². The zero-order valence-electron chi connectivity index (χ0n) is 9.45. The summed E-state index contributed by atoms with van der Waals surface area (Å²) in [6.07, 6.45) is 3.97. The van der Waals surface area contributed by atoms with E-state index in [-0.39, 0.29) is 5.78 Å². The molecule has 0 amide bonds. The molecule has 0 saturated carbocycles. The summed E-state index contributed by atoms with van der Waals surface area (Å²) < 4.78 is 0. The first kappa shape index (κ1) is 11.4. The summed E-state index contributed by atoms with van der Waals surface area (Å²) >= 11 is 0. The second kappa shape index (κ2) is 5.30. The van der Waals surface area contributed by atoms with Gasteiger partial charge in [-0.2, -0.15) is 0 Å². The number of allylic oxidation sites excluding steroid dienone is 3. The molecule has 0 aliphatic heterocycles. The lowest BCUT2D eigenvalue weighted by Crippen LogP contribution is -1.91. The maximum absolute atomic E-state index is 11.0. The first-order valence-corrected chi connectivity index (χ1v) is 5.02. The Morgan fingerprint density at radius 2 is 1.67 bits per heavy atom. The SMILES string of the molecule is CC(=O)/C(C)=C/C(C)=C/c1ccccc1. The third kappa shape index (κ3) is 3.94. The summed E-state index contributed by atoms with van der Waals surface area (Å²) in [4.78, 5) is 11.0. The second-order valence-corrected chi connectivity index (χ2v) is 3.68. The molecule has 0 fully saturated rings. The van der Waals surface area contributed by atoms with Gasteiger partial charge in [0.05, 0.1) is 0 Å². The van der Waals surface area contributed by atoms with Crippen LogP contribution in [0.3, 0.4) is 0 Å². The molecule has 0 N–H and O–H groups in total. The summed E-state index contributed by atoms with van der Waals surface area (Å²) in [5.41, 5.74) is 3.04. The van der Waals surface area contributed by atoms with Crippen molar-refractivity contribution in [1.29, 1.82) is 0 Å². The standard InChI is InChI=1S/C14H16O/c1-11(9-12(2)13(3)15)10-14-7-5-4-6-8-14/h4-10H,1-3H3/b11-10+,12-9+. The third-order valence-electron chi connectivity index (χ3n) is 2.19. The first-order valence-electron chi connectivity index (χ1n) is 5.02. The Morgan fingerprint density at radius 3 is 2.20 bits per heavy atom. The summed E-state index contributed by atoms with van der Waals surface area (Å²) in [5.74, 6) is 0.121. The minimum atomic E-state index is 0.121. The van der Waals surface area contributed by atoms with Crippen molar-refractivity contribution < 1.29 is 4.79 Å². The molecule has 1 heteroatoms. The van der Waals surface area contributed by atoms with Crippen LogP contribution in [-0.2, 0) is 4.79 Å². The van der Waals surface area contributed by atoms with Gasteiger partial charge in [0, 0.05) is 0 Å². The van der Waals surface area contributed by atoms with Crippen LogP contribution in [0, 0.1) is 0 Å².